The maximum atomic E-state index is 12.5. The molecule has 0 saturated carbocycles. The van der Waals surface area contributed by atoms with E-state index in [4.69, 9.17) is 11.6 Å². The van der Waals surface area contributed by atoms with Crippen molar-refractivity contribution in [1.29, 1.82) is 0 Å². The summed E-state index contributed by atoms with van der Waals surface area (Å²) in [7, 11) is 1.79. The first-order valence-corrected chi connectivity index (χ1v) is 10.8. The van der Waals surface area contributed by atoms with Crippen LogP contribution in [-0.2, 0) is 6.54 Å². The molecule has 160 valence electrons. The molecule has 2 N–H and O–H groups in total. The molecule has 2 aromatic carbocycles. The number of carbonyl (C=O) groups excluding carboxylic acids is 2. The van der Waals surface area contributed by atoms with Gasteiger partial charge < -0.3 is 20.4 Å². The minimum absolute atomic E-state index is 0.163. The highest BCUT2D eigenvalue weighted by Gasteiger charge is 2.16. The van der Waals surface area contributed by atoms with E-state index < -0.39 is 0 Å². The molecule has 0 unspecified atom stereocenters. The van der Waals surface area contributed by atoms with Crippen LogP contribution in [0.5, 0.6) is 0 Å². The quantitative estimate of drug-likeness (QED) is 0.657. The van der Waals surface area contributed by atoms with Crippen LogP contribution in [0.1, 0.15) is 35.2 Å². The number of nitrogens with one attached hydrogen (secondary N) is 2. The molecule has 3 amide bonds. The molecule has 0 atom stereocenters. The maximum Gasteiger partial charge on any atom is 0.317 e. The van der Waals surface area contributed by atoms with E-state index in [-0.39, 0.29) is 11.9 Å². The van der Waals surface area contributed by atoms with Gasteiger partial charge in [-0.3, -0.25) is 4.79 Å². The number of hydrogen-bond acceptors (Lipinski definition) is 3. The van der Waals surface area contributed by atoms with E-state index in [0.29, 0.717) is 30.2 Å². The molecule has 0 aromatic heterocycles. The molecule has 3 rings (SSSR count). The van der Waals surface area contributed by atoms with Gasteiger partial charge in [0.1, 0.15) is 0 Å². The Labute approximate surface area is 183 Å². The fourth-order valence-corrected chi connectivity index (χ4v) is 3.72. The van der Waals surface area contributed by atoms with Crippen LogP contribution in [0.15, 0.2) is 48.5 Å². The highest BCUT2D eigenvalue weighted by Crippen LogP contribution is 2.25. The SMILES string of the molecule is CN(Cc1ccccc1N1CCCCC1)C(=O)NCCNC(=O)c1ccc(Cl)cc1. The zero-order valence-electron chi connectivity index (χ0n) is 17.4. The Morgan fingerprint density at radius 3 is 2.37 bits per heavy atom. The highest BCUT2D eigenvalue weighted by atomic mass is 35.5. The van der Waals surface area contributed by atoms with Crippen LogP contribution in [0.2, 0.25) is 5.02 Å². The zero-order chi connectivity index (χ0) is 21.3. The van der Waals surface area contributed by atoms with Gasteiger partial charge in [-0.1, -0.05) is 29.8 Å². The van der Waals surface area contributed by atoms with Gasteiger partial charge in [0.2, 0.25) is 0 Å². The van der Waals surface area contributed by atoms with Gasteiger partial charge in [0.25, 0.3) is 5.91 Å². The van der Waals surface area contributed by atoms with Gasteiger partial charge in [-0.2, -0.15) is 0 Å². The summed E-state index contributed by atoms with van der Waals surface area (Å²) in [6.07, 6.45) is 3.72. The fourth-order valence-electron chi connectivity index (χ4n) is 3.60. The summed E-state index contributed by atoms with van der Waals surface area (Å²) in [5, 5.41) is 6.23. The van der Waals surface area contributed by atoms with Crippen molar-refractivity contribution in [3.05, 3.63) is 64.7 Å². The lowest BCUT2D eigenvalue weighted by Crippen LogP contribution is -2.41. The largest absolute Gasteiger partial charge is 0.371 e. The van der Waals surface area contributed by atoms with E-state index >= 15 is 0 Å². The van der Waals surface area contributed by atoms with Crippen molar-refractivity contribution in [2.24, 2.45) is 0 Å². The topological polar surface area (TPSA) is 64.7 Å². The Bertz CT molecular complexity index is 851. The zero-order valence-corrected chi connectivity index (χ0v) is 18.1. The van der Waals surface area contributed by atoms with Crippen molar-refractivity contribution >= 4 is 29.2 Å². The molecule has 1 fully saturated rings. The van der Waals surface area contributed by atoms with Crippen LogP contribution in [0.4, 0.5) is 10.5 Å². The summed E-state index contributed by atoms with van der Waals surface area (Å²) in [6.45, 7) is 3.39. The summed E-state index contributed by atoms with van der Waals surface area (Å²) >= 11 is 5.83. The first-order chi connectivity index (χ1) is 14.5. The molecule has 1 aliphatic heterocycles. The minimum Gasteiger partial charge on any atom is -0.371 e. The second-order valence-electron chi connectivity index (χ2n) is 7.53. The van der Waals surface area contributed by atoms with E-state index in [0.717, 1.165) is 18.7 Å². The van der Waals surface area contributed by atoms with Crippen molar-refractivity contribution in [2.75, 3.05) is 38.1 Å². The third kappa shape index (κ3) is 6.13. The van der Waals surface area contributed by atoms with Gasteiger partial charge in [0, 0.05) is 56.0 Å². The summed E-state index contributed by atoms with van der Waals surface area (Å²) in [6, 6.07) is 14.8. The van der Waals surface area contributed by atoms with E-state index in [1.165, 1.54) is 24.9 Å². The number of hydrogen-bond donors (Lipinski definition) is 2. The number of piperidine rings is 1. The van der Waals surface area contributed by atoms with Crippen molar-refractivity contribution in [3.8, 4) is 0 Å². The maximum absolute atomic E-state index is 12.5. The lowest BCUT2D eigenvalue weighted by molar-refractivity contribution is 0.0953. The predicted molar refractivity (Wildman–Crippen MR) is 121 cm³/mol. The lowest BCUT2D eigenvalue weighted by atomic mass is 10.1. The Morgan fingerprint density at radius 2 is 1.63 bits per heavy atom. The molecule has 2 aromatic rings. The van der Waals surface area contributed by atoms with E-state index in [2.05, 4.69) is 33.7 Å². The summed E-state index contributed by atoms with van der Waals surface area (Å²) < 4.78 is 0. The summed E-state index contributed by atoms with van der Waals surface area (Å²) in [5.74, 6) is -0.190. The normalized spacial score (nSPS) is 13.6. The molecule has 30 heavy (non-hydrogen) atoms. The van der Waals surface area contributed by atoms with Crippen molar-refractivity contribution in [1.82, 2.24) is 15.5 Å². The first-order valence-electron chi connectivity index (χ1n) is 10.4. The van der Waals surface area contributed by atoms with Crippen LogP contribution < -0.4 is 15.5 Å². The number of halogens is 1. The molecule has 0 spiro atoms. The molecule has 6 nitrogen and oxygen atoms in total. The lowest BCUT2D eigenvalue weighted by Gasteiger charge is -2.31. The average Bonchev–Trinajstić information content (AvgIpc) is 2.77. The summed E-state index contributed by atoms with van der Waals surface area (Å²) in [4.78, 5) is 28.6. The minimum atomic E-state index is -0.190. The monoisotopic (exact) mass is 428 g/mol. The van der Waals surface area contributed by atoms with Gasteiger partial charge in [0.15, 0.2) is 0 Å². The van der Waals surface area contributed by atoms with Crippen LogP contribution in [0.3, 0.4) is 0 Å². The number of nitrogens with zero attached hydrogens (tertiary/aromatic N) is 2. The van der Waals surface area contributed by atoms with Crippen molar-refractivity contribution in [3.63, 3.8) is 0 Å². The van der Waals surface area contributed by atoms with Crippen molar-refractivity contribution < 1.29 is 9.59 Å². The molecular weight excluding hydrogens is 400 g/mol. The molecule has 7 heteroatoms. The molecule has 0 radical (unpaired) electrons. The van der Waals surface area contributed by atoms with Crippen molar-refractivity contribution in [2.45, 2.75) is 25.8 Å². The Morgan fingerprint density at radius 1 is 0.967 bits per heavy atom. The van der Waals surface area contributed by atoms with Gasteiger partial charge >= 0.3 is 6.03 Å². The third-order valence-electron chi connectivity index (χ3n) is 5.24. The van der Waals surface area contributed by atoms with E-state index in [1.54, 1.807) is 36.2 Å². The number of amides is 3. The first kappa shape index (κ1) is 22.0. The molecule has 0 aliphatic carbocycles. The number of carbonyl (C=O) groups is 2. The number of rotatable bonds is 7. The second-order valence-corrected chi connectivity index (χ2v) is 7.96. The standard InChI is InChI=1S/C23H29ClN4O2/c1-27(17-19-7-3-4-8-21(19)28-15-5-2-6-16-28)23(30)26-14-13-25-22(29)18-9-11-20(24)12-10-18/h3-4,7-12H,2,5-6,13-17H2,1H3,(H,25,29)(H,26,30). The molecule has 1 saturated heterocycles. The smallest absolute Gasteiger partial charge is 0.317 e. The van der Waals surface area contributed by atoms with Crippen LogP contribution in [-0.4, -0.2) is 50.1 Å². The molecule has 1 heterocycles. The van der Waals surface area contributed by atoms with Crippen LogP contribution >= 0.6 is 11.6 Å². The highest BCUT2D eigenvalue weighted by molar-refractivity contribution is 6.30. The molecule has 1 aliphatic rings. The number of benzene rings is 2. The number of urea groups is 1. The fraction of sp³-hybridized carbons (Fsp3) is 0.391. The number of para-hydroxylation sites is 1. The second kappa shape index (κ2) is 10.9. The van der Waals surface area contributed by atoms with Gasteiger partial charge in [-0.05, 0) is 55.2 Å². The van der Waals surface area contributed by atoms with Gasteiger partial charge in [-0.25, -0.2) is 4.79 Å². The van der Waals surface area contributed by atoms with Gasteiger partial charge in [-0.15, -0.1) is 0 Å². The molecular formula is C23H29ClN4O2. The Hall–Kier alpha value is -2.73. The van der Waals surface area contributed by atoms with E-state index in [9.17, 15) is 9.59 Å². The average molecular weight is 429 g/mol. The Kier molecular flexibility index (Phi) is 7.97. The summed E-state index contributed by atoms with van der Waals surface area (Å²) in [5.41, 5.74) is 2.90. The van der Waals surface area contributed by atoms with Crippen LogP contribution in [0.25, 0.3) is 0 Å². The van der Waals surface area contributed by atoms with Gasteiger partial charge in [0.05, 0.1) is 0 Å². The van der Waals surface area contributed by atoms with E-state index in [1.807, 2.05) is 6.07 Å². The third-order valence-corrected chi connectivity index (χ3v) is 5.49. The molecule has 0 bridgehead atoms. The Balaban J connectivity index is 1.45. The number of anilines is 1. The predicted octanol–water partition coefficient (Wildman–Crippen LogP) is 3.90. The van der Waals surface area contributed by atoms with Crippen LogP contribution in [0, 0.1) is 0 Å².